The van der Waals surface area contributed by atoms with Gasteiger partial charge in [0.25, 0.3) is 0 Å². The Hall–Kier alpha value is -2.42. The van der Waals surface area contributed by atoms with E-state index in [0.717, 1.165) is 17.3 Å². The maximum atomic E-state index is 14.5. The van der Waals surface area contributed by atoms with Crippen LogP contribution in [0.15, 0.2) is 30.2 Å². The van der Waals surface area contributed by atoms with Gasteiger partial charge in [0.05, 0.1) is 18.8 Å². The van der Waals surface area contributed by atoms with Crippen molar-refractivity contribution in [3.05, 3.63) is 36.1 Å². The molecule has 26 heavy (non-hydrogen) atoms. The number of hydrogen-bond donors (Lipinski definition) is 1. The van der Waals surface area contributed by atoms with Gasteiger partial charge in [0.2, 0.25) is 5.82 Å². The van der Waals surface area contributed by atoms with Crippen LogP contribution in [0.2, 0.25) is 0 Å². The summed E-state index contributed by atoms with van der Waals surface area (Å²) in [6.07, 6.45) is 4.00. The number of amides is 1. The molecule has 3 rings (SSSR count). The van der Waals surface area contributed by atoms with E-state index < -0.39 is 28.7 Å². The zero-order valence-electron chi connectivity index (χ0n) is 14.5. The van der Waals surface area contributed by atoms with Gasteiger partial charge in [-0.05, 0) is 18.6 Å². The van der Waals surface area contributed by atoms with Gasteiger partial charge in [-0.15, -0.1) is 0 Å². The Morgan fingerprint density at radius 3 is 2.62 bits per heavy atom. The van der Waals surface area contributed by atoms with Crippen molar-refractivity contribution < 1.29 is 23.1 Å². The van der Waals surface area contributed by atoms with Gasteiger partial charge in [-0.2, -0.15) is 8.78 Å². The van der Waals surface area contributed by atoms with Gasteiger partial charge in [-0.25, -0.2) is 9.97 Å². The largest absolute Gasteiger partial charge is 0.396 e. The minimum absolute atomic E-state index is 0.00509. The van der Waals surface area contributed by atoms with Gasteiger partial charge in [0.1, 0.15) is 5.60 Å². The Balaban J connectivity index is 1.87. The van der Waals surface area contributed by atoms with Crippen molar-refractivity contribution in [3.8, 4) is 0 Å². The van der Waals surface area contributed by atoms with Crippen LogP contribution in [-0.2, 0) is 20.2 Å². The Morgan fingerprint density at radius 1 is 1.35 bits per heavy atom. The molecule has 1 fully saturated rings. The highest BCUT2D eigenvalue weighted by Gasteiger charge is 2.52. The Kier molecular flexibility index (Phi) is 4.30. The standard InChI is InChI=1S/C17H20F2N4O3/c1-15(2)9-16(8-11(20)12(15)24)10-23(6-7-26-16)14(25)17(18,19)13-21-4-3-5-22-13/h3-5,8H,6-7,9-10,20H2,1-2H3. The molecule has 0 radical (unpaired) electrons. The first-order valence-electron chi connectivity index (χ1n) is 8.19. The van der Waals surface area contributed by atoms with E-state index in [4.69, 9.17) is 10.5 Å². The number of Topliss-reactive ketones (excluding diaryl/α,β-unsaturated/α-hetero) is 1. The molecule has 1 unspecified atom stereocenters. The molecule has 9 heteroatoms. The topological polar surface area (TPSA) is 98.4 Å². The number of carbonyl (C=O) groups is 2. The number of hydrogen-bond acceptors (Lipinski definition) is 6. The van der Waals surface area contributed by atoms with Crippen LogP contribution in [0.25, 0.3) is 0 Å². The lowest BCUT2D eigenvalue weighted by atomic mass is 9.71. The molecule has 2 aliphatic rings. The van der Waals surface area contributed by atoms with Crippen LogP contribution in [0.3, 0.4) is 0 Å². The molecule has 2 N–H and O–H groups in total. The molecule has 1 saturated heterocycles. The number of rotatable bonds is 2. The van der Waals surface area contributed by atoms with Crippen LogP contribution in [0.4, 0.5) is 8.78 Å². The molecule has 2 heterocycles. The molecule has 0 saturated carbocycles. The van der Waals surface area contributed by atoms with Gasteiger partial charge in [0.15, 0.2) is 5.78 Å². The number of carbonyl (C=O) groups excluding carboxylic acids is 2. The van der Waals surface area contributed by atoms with Crippen LogP contribution < -0.4 is 5.73 Å². The van der Waals surface area contributed by atoms with Gasteiger partial charge >= 0.3 is 11.8 Å². The quantitative estimate of drug-likeness (QED) is 0.839. The molecule has 1 aromatic rings. The van der Waals surface area contributed by atoms with Crippen molar-refractivity contribution in [1.29, 1.82) is 0 Å². The van der Waals surface area contributed by atoms with Gasteiger partial charge in [-0.3, -0.25) is 9.59 Å². The summed E-state index contributed by atoms with van der Waals surface area (Å²) in [4.78, 5) is 32.7. The molecule has 1 aromatic heterocycles. The molecule has 0 bridgehead atoms. The highest BCUT2D eigenvalue weighted by molar-refractivity contribution is 6.00. The Bertz CT molecular complexity index is 767. The summed E-state index contributed by atoms with van der Waals surface area (Å²) in [5.41, 5.74) is 3.96. The molecule has 7 nitrogen and oxygen atoms in total. The first-order chi connectivity index (χ1) is 12.1. The second-order valence-corrected chi connectivity index (χ2v) is 7.28. The van der Waals surface area contributed by atoms with E-state index in [0.29, 0.717) is 0 Å². The fourth-order valence-electron chi connectivity index (χ4n) is 3.55. The molecule has 1 amide bonds. The van der Waals surface area contributed by atoms with Crippen LogP contribution in [0.1, 0.15) is 26.1 Å². The van der Waals surface area contributed by atoms with Crippen molar-refractivity contribution in [2.24, 2.45) is 11.1 Å². The van der Waals surface area contributed by atoms with Crippen molar-refractivity contribution in [2.45, 2.75) is 31.8 Å². The van der Waals surface area contributed by atoms with Crippen LogP contribution in [0.5, 0.6) is 0 Å². The number of alkyl halides is 2. The fourth-order valence-corrected chi connectivity index (χ4v) is 3.55. The molecular formula is C17H20F2N4O3. The molecule has 0 aromatic carbocycles. The molecule has 140 valence electrons. The summed E-state index contributed by atoms with van der Waals surface area (Å²) in [7, 11) is 0. The van der Waals surface area contributed by atoms with Crippen molar-refractivity contribution >= 4 is 11.7 Å². The molecule has 1 spiro atoms. The van der Waals surface area contributed by atoms with Crippen LogP contribution in [-0.4, -0.2) is 51.9 Å². The van der Waals surface area contributed by atoms with Gasteiger partial charge in [0, 0.05) is 24.4 Å². The highest BCUT2D eigenvalue weighted by atomic mass is 19.3. The molecule has 1 aliphatic carbocycles. The van der Waals surface area contributed by atoms with Gasteiger partial charge in [-0.1, -0.05) is 13.8 Å². The summed E-state index contributed by atoms with van der Waals surface area (Å²) < 4.78 is 34.8. The maximum absolute atomic E-state index is 14.5. The summed E-state index contributed by atoms with van der Waals surface area (Å²) in [5, 5.41) is 0. The minimum Gasteiger partial charge on any atom is -0.396 e. The smallest absolute Gasteiger partial charge is 0.383 e. The first kappa shape index (κ1) is 18.4. The molecule has 1 atom stereocenters. The summed E-state index contributed by atoms with van der Waals surface area (Å²) in [6.45, 7) is 3.38. The third-order valence-electron chi connectivity index (χ3n) is 4.65. The summed E-state index contributed by atoms with van der Waals surface area (Å²) in [5.74, 6) is -6.32. The van der Waals surface area contributed by atoms with Crippen LogP contribution in [0, 0.1) is 5.41 Å². The summed E-state index contributed by atoms with van der Waals surface area (Å²) >= 11 is 0. The lowest BCUT2D eigenvalue weighted by Crippen LogP contribution is -2.59. The predicted octanol–water partition coefficient (Wildman–Crippen LogP) is 1.01. The third-order valence-corrected chi connectivity index (χ3v) is 4.65. The van der Waals surface area contributed by atoms with E-state index >= 15 is 0 Å². The highest BCUT2D eigenvalue weighted by Crippen LogP contribution is 2.41. The number of ether oxygens (including phenoxy) is 1. The monoisotopic (exact) mass is 366 g/mol. The number of allylic oxidation sites excluding steroid dienone is 1. The zero-order valence-corrected chi connectivity index (χ0v) is 14.5. The van der Waals surface area contributed by atoms with Crippen molar-refractivity contribution in [3.63, 3.8) is 0 Å². The fraction of sp³-hybridized carbons (Fsp3) is 0.529. The number of morpholine rings is 1. The van der Waals surface area contributed by atoms with Crippen molar-refractivity contribution in [2.75, 3.05) is 19.7 Å². The Morgan fingerprint density at radius 2 is 2.00 bits per heavy atom. The lowest BCUT2D eigenvalue weighted by Gasteiger charge is -2.47. The molecule has 1 aliphatic heterocycles. The number of nitrogens with zero attached hydrogens (tertiary/aromatic N) is 3. The normalized spacial score (nSPS) is 25.9. The number of ketones is 1. The van der Waals surface area contributed by atoms with E-state index in [2.05, 4.69) is 9.97 Å². The maximum Gasteiger partial charge on any atom is 0.383 e. The predicted molar refractivity (Wildman–Crippen MR) is 86.9 cm³/mol. The minimum atomic E-state index is -3.85. The average Bonchev–Trinajstić information content (AvgIpc) is 2.59. The van der Waals surface area contributed by atoms with Crippen LogP contribution >= 0.6 is 0 Å². The van der Waals surface area contributed by atoms with E-state index in [1.54, 1.807) is 13.8 Å². The molecular weight excluding hydrogens is 346 g/mol. The average molecular weight is 366 g/mol. The Labute approximate surface area is 149 Å². The van der Waals surface area contributed by atoms with Crippen molar-refractivity contribution in [1.82, 2.24) is 14.9 Å². The lowest BCUT2D eigenvalue weighted by molar-refractivity contribution is -0.174. The number of halogens is 2. The second kappa shape index (κ2) is 6.08. The van der Waals surface area contributed by atoms with E-state index in [1.807, 2.05) is 0 Å². The summed E-state index contributed by atoms with van der Waals surface area (Å²) in [6, 6.07) is 1.39. The van der Waals surface area contributed by atoms with E-state index in [-0.39, 0.29) is 37.6 Å². The number of aromatic nitrogens is 2. The number of nitrogens with two attached hydrogens (primary N) is 1. The second-order valence-electron chi connectivity index (χ2n) is 7.28. The first-order valence-corrected chi connectivity index (χ1v) is 8.19. The SMILES string of the molecule is CC1(C)CC2(C=C(N)C1=O)CN(C(=O)C(F)(F)c1ncccn1)CCO2. The third kappa shape index (κ3) is 3.07. The van der Waals surface area contributed by atoms with E-state index in [1.165, 1.54) is 12.1 Å². The zero-order chi connectivity index (χ0) is 19.2. The van der Waals surface area contributed by atoms with Gasteiger partial charge < -0.3 is 15.4 Å². The van der Waals surface area contributed by atoms with E-state index in [9.17, 15) is 18.4 Å².